The number of ether oxygens (including phenoxy) is 3. The lowest BCUT2D eigenvalue weighted by molar-refractivity contribution is -0.248. The molecule has 4 aliphatic rings. The van der Waals surface area contributed by atoms with Crippen molar-refractivity contribution in [2.75, 3.05) is 0 Å². The van der Waals surface area contributed by atoms with Gasteiger partial charge in [-0.2, -0.15) is 0 Å². The van der Waals surface area contributed by atoms with Crippen LogP contribution >= 0.6 is 0 Å². The van der Waals surface area contributed by atoms with Gasteiger partial charge in [-0.25, -0.2) is 4.79 Å². The van der Waals surface area contributed by atoms with Gasteiger partial charge in [0.25, 0.3) is 0 Å². The summed E-state index contributed by atoms with van der Waals surface area (Å²) >= 11 is 0. The highest BCUT2D eigenvalue weighted by Gasteiger charge is 2.79. The van der Waals surface area contributed by atoms with Crippen molar-refractivity contribution in [3.05, 3.63) is 24.2 Å². The van der Waals surface area contributed by atoms with Crippen molar-refractivity contribution in [1.29, 1.82) is 0 Å². The number of hydrogen-bond donors (Lipinski definition) is 1. The van der Waals surface area contributed by atoms with Gasteiger partial charge in [0.05, 0.1) is 23.9 Å². The van der Waals surface area contributed by atoms with E-state index in [-0.39, 0.29) is 18.3 Å². The van der Waals surface area contributed by atoms with Crippen molar-refractivity contribution >= 4 is 17.9 Å². The van der Waals surface area contributed by atoms with Gasteiger partial charge in [0.1, 0.15) is 18.3 Å². The number of carbonyl (C=O) groups is 3. The van der Waals surface area contributed by atoms with Crippen LogP contribution in [0.15, 0.2) is 23.0 Å². The van der Waals surface area contributed by atoms with Crippen LogP contribution in [0.5, 0.6) is 0 Å². The highest BCUT2D eigenvalue weighted by Crippen LogP contribution is 2.69. The average molecular weight is 418 g/mol. The summed E-state index contributed by atoms with van der Waals surface area (Å²) in [4.78, 5) is 37.6. The van der Waals surface area contributed by atoms with Gasteiger partial charge in [-0.3, -0.25) is 9.59 Å². The molecular weight excluding hydrogens is 392 g/mol. The van der Waals surface area contributed by atoms with E-state index in [9.17, 15) is 19.5 Å². The largest absolute Gasteiger partial charge is 0.472 e. The monoisotopic (exact) mass is 418 g/mol. The number of furan rings is 1. The van der Waals surface area contributed by atoms with Gasteiger partial charge in [-0.1, -0.05) is 13.8 Å². The molecule has 1 N–H and O–H groups in total. The van der Waals surface area contributed by atoms with E-state index in [1.165, 1.54) is 6.92 Å². The number of esters is 3. The van der Waals surface area contributed by atoms with Crippen molar-refractivity contribution in [2.24, 2.45) is 22.7 Å². The molecule has 4 fully saturated rings. The van der Waals surface area contributed by atoms with E-state index < -0.39 is 52.6 Å². The summed E-state index contributed by atoms with van der Waals surface area (Å²) in [5.74, 6) is -2.27. The molecule has 8 atom stereocenters. The fourth-order valence-corrected chi connectivity index (χ4v) is 6.94. The SMILES string of the molecule is CC(=O)O[C@H]1CC[C@H]2[C@]3(C)C[C@@H](c4ccoc4)OC(=O)[C@@H]3C[C@@H]3OC(=O)[C@]1(O)[C@]32C. The minimum atomic E-state index is -1.94. The van der Waals surface area contributed by atoms with Crippen LogP contribution in [0.2, 0.25) is 0 Å². The van der Waals surface area contributed by atoms with Crippen LogP contribution in [0.1, 0.15) is 58.1 Å². The number of fused-ring (bicyclic) bond motifs is 2. The molecule has 8 heteroatoms. The molecule has 1 aromatic rings. The molecule has 2 saturated heterocycles. The highest BCUT2D eigenvalue weighted by molar-refractivity contribution is 5.86. The predicted octanol–water partition coefficient (Wildman–Crippen LogP) is 2.30. The molecular formula is C22H26O8. The van der Waals surface area contributed by atoms with Crippen molar-refractivity contribution in [1.82, 2.24) is 0 Å². The first kappa shape index (κ1) is 19.6. The molecule has 162 valence electrons. The molecule has 0 spiro atoms. The maximum absolute atomic E-state index is 13.0. The van der Waals surface area contributed by atoms with Gasteiger partial charge in [-0.05, 0) is 43.1 Å². The quantitative estimate of drug-likeness (QED) is 0.575. The molecule has 0 radical (unpaired) electrons. The van der Waals surface area contributed by atoms with E-state index in [4.69, 9.17) is 18.6 Å². The summed E-state index contributed by atoms with van der Waals surface area (Å²) < 4.78 is 21.9. The van der Waals surface area contributed by atoms with E-state index in [0.29, 0.717) is 19.3 Å². The molecule has 2 aliphatic carbocycles. The van der Waals surface area contributed by atoms with Crippen LogP contribution in [-0.2, 0) is 28.6 Å². The maximum Gasteiger partial charge on any atom is 0.343 e. The van der Waals surface area contributed by atoms with E-state index in [2.05, 4.69) is 0 Å². The molecule has 5 rings (SSSR count). The zero-order chi connectivity index (χ0) is 21.5. The van der Waals surface area contributed by atoms with Crippen LogP contribution in [-0.4, -0.2) is 40.8 Å². The Morgan fingerprint density at radius 1 is 1.23 bits per heavy atom. The normalized spacial score (nSPS) is 47.0. The summed E-state index contributed by atoms with van der Waals surface area (Å²) in [6.45, 7) is 5.16. The van der Waals surface area contributed by atoms with Gasteiger partial charge < -0.3 is 23.7 Å². The molecule has 3 heterocycles. The van der Waals surface area contributed by atoms with Gasteiger partial charge >= 0.3 is 17.9 Å². The summed E-state index contributed by atoms with van der Waals surface area (Å²) in [6, 6.07) is 1.78. The van der Waals surface area contributed by atoms with Gasteiger partial charge in [0.15, 0.2) is 0 Å². The number of cyclic esters (lactones) is 1. The van der Waals surface area contributed by atoms with E-state index >= 15 is 0 Å². The fourth-order valence-electron chi connectivity index (χ4n) is 6.94. The molecule has 2 aliphatic heterocycles. The Bertz CT molecular complexity index is 908. The molecule has 0 amide bonds. The number of hydrogen-bond acceptors (Lipinski definition) is 8. The summed E-state index contributed by atoms with van der Waals surface area (Å²) in [7, 11) is 0. The molecule has 0 aromatic carbocycles. The third kappa shape index (κ3) is 2.23. The Balaban J connectivity index is 1.58. The van der Waals surface area contributed by atoms with Gasteiger partial charge in [0.2, 0.25) is 5.60 Å². The van der Waals surface area contributed by atoms with Gasteiger partial charge in [0, 0.05) is 12.5 Å². The first-order chi connectivity index (χ1) is 14.1. The number of carbonyl (C=O) groups excluding carboxylic acids is 3. The first-order valence-electron chi connectivity index (χ1n) is 10.5. The second-order valence-corrected chi connectivity index (χ2v) is 9.65. The third-order valence-electron chi connectivity index (χ3n) is 8.39. The zero-order valence-corrected chi connectivity index (χ0v) is 17.3. The Hall–Kier alpha value is -2.35. The maximum atomic E-state index is 13.0. The lowest BCUT2D eigenvalue weighted by atomic mass is 9.42. The van der Waals surface area contributed by atoms with E-state index in [0.717, 1.165) is 5.56 Å². The molecule has 8 nitrogen and oxygen atoms in total. The van der Waals surface area contributed by atoms with Crippen LogP contribution in [0.25, 0.3) is 0 Å². The van der Waals surface area contributed by atoms with Crippen LogP contribution in [0.3, 0.4) is 0 Å². The standard InChI is InChI=1S/C22H26O8/c1-11(23)28-16-5-4-15-20(2)9-14(12-6-7-27-10-12)29-18(24)13(20)8-17-21(15,3)22(16,26)19(25)30-17/h6-7,10,13-17,26H,4-5,8-9H2,1-3H3/t13-,14-,15-,16-,17-,20+,21-,22-/m0/s1. The highest BCUT2D eigenvalue weighted by atomic mass is 16.6. The minimum Gasteiger partial charge on any atom is -0.472 e. The second kappa shape index (κ2) is 6.09. The third-order valence-corrected chi connectivity index (χ3v) is 8.39. The summed E-state index contributed by atoms with van der Waals surface area (Å²) in [5.41, 5.74) is -2.65. The van der Waals surface area contributed by atoms with Crippen molar-refractivity contribution in [2.45, 2.75) is 70.4 Å². The lowest BCUT2D eigenvalue weighted by Crippen LogP contribution is -2.70. The van der Waals surface area contributed by atoms with Crippen LogP contribution in [0, 0.1) is 22.7 Å². The lowest BCUT2D eigenvalue weighted by Gasteiger charge is -2.62. The van der Waals surface area contributed by atoms with E-state index in [1.54, 1.807) is 18.6 Å². The Morgan fingerprint density at radius 3 is 2.67 bits per heavy atom. The molecule has 30 heavy (non-hydrogen) atoms. The van der Waals surface area contributed by atoms with Crippen LogP contribution < -0.4 is 0 Å². The van der Waals surface area contributed by atoms with E-state index in [1.807, 2.05) is 13.8 Å². The number of aliphatic hydroxyl groups is 1. The molecule has 1 aromatic heterocycles. The molecule has 0 bridgehead atoms. The zero-order valence-electron chi connectivity index (χ0n) is 17.3. The van der Waals surface area contributed by atoms with Crippen molar-refractivity contribution in [3.63, 3.8) is 0 Å². The van der Waals surface area contributed by atoms with Crippen molar-refractivity contribution < 1.29 is 38.1 Å². The Kier molecular flexibility index (Phi) is 3.98. The topological polar surface area (TPSA) is 112 Å². The number of rotatable bonds is 2. The molecule has 0 unspecified atom stereocenters. The average Bonchev–Trinajstić information content (AvgIpc) is 3.26. The Morgan fingerprint density at radius 2 is 2.00 bits per heavy atom. The van der Waals surface area contributed by atoms with Crippen LogP contribution in [0.4, 0.5) is 0 Å². The van der Waals surface area contributed by atoms with Gasteiger partial charge in [-0.15, -0.1) is 0 Å². The first-order valence-corrected chi connectivity index (χ1v) is 10.5. The smallest absolute Gasteiger partial charge is 0.343 e. The predicted molar refractivity (Wildman–Crippen MR) is 99.6 cm³/mol. The molecule has 2 saturated carbocycles. The minimum absolute atomic E-state index is 0.195. The fraction of sp³-hybridized carbons (Fsp3) is 0.682. The summed E-state index contributed by atoms with van der Waals surface area (Å²) in [6.07, 6.45) is 2.82. The van der Waals surface area contributed by atoms with Crippen molar-refractivity contribution in [3.8, 4) is 0 Å². The summed E-state index contributed by atoms with van der Waals surface area (Å²) in [5, 5.41) is 11.7. The second-order valence-electron chi connectivity index (χ2n) is 9.65. The Labute approximate surface area is 173 Å².